The normalized spacial score (nSPS) is 23.5. The van der Waals surface area contributed by atoms with E-state index in [1.165, 1.54) is 14.2 Å². The molecule has 23 heavy (non-hydrogen) atoms. The Morgan fingerprint density at radius 3 is 2.09 bits per heavy atom. The van der Waals surface area contributed by atoms with Crippen LogP contribution in [-0.2, 0) is 18.8 Å². The molecule has 2 aromatic carbocycles. The summed E-state index contributed by atoms with van der Waals surface area (Å²) in [6, 6.07) is 17.8. The van der Waals surface area contributed by atoms with Crippen molar-refractivity contribution in [3.05, 3.63) is 65.7 Å². The lowest BCUT2D eigenvalue weighted by molar-refractivity contribution is 0.261. The van der Waals surface area contributed by atoms with Gasteiger partial charge in [-0.1, -0.05) is 42.5 Å². The minimum absolute atomic E-state index is 0.114. The van der Waals surface area contributed by atoms with Crippen LogP contribution in [0.15, 0.2) is 54.6 Å². The highest BCUT2D eigenvalue weighted by atomic mass is 31.2. The van der Waals surface area contributed by atoms with E-state index in [4.69, 9.17) is 13.8 Å². The van der Waals surface area contributed by atoms with Crippen molar-refractivity contribution in [3.8, 4) is 5.75 Å². The van der Waals surface area contributed by atoms with E-state index in [0.717, 1.165) is 23.3 Å². The Bertz CT molecular complexity index is 706. The maximum Gasteiger partial charge on any atom is 0.341 e. The van der Waals surface area contributed by atoms with Gasteiger partial charge in [-0.3, -0.25) is 4.57 Å². The summed E-state index contributed by atoms with van der Waals surface area (Å²) in [5.41, 5.74) is 2.11. The van der Waals surface area contributed by atoms with Crippen LogP contribution in [0.3, 0.4) is 0 Å². The summed E-state index contributed by atoms with van der Waals surface area (Å²) in [7, 11) is 1.26. The molecular weight excluding hydrogens is 311 g/mol. The molecule has 4 nitrogen and oxygen atoms in total. The minimum atomic E-state index is -3.28. The summed E-state index contributed by atoms with van der Waals surface area (Å²) in [6.07, 6.45) is 0.738. The molecule has 0 N–H and O–H groups in total. The van der Waals surface area contributed by atoms with Crippen LogP contribution < -0.4 is 4.74 Å². The predicted molar refractivity (Wildman–Crippen MR) is 90.1 cm³/mol. The Hall–Kier alpha value is -1.61. The lowest BCUT2D eigenvalue weighted by Crippen LogP contribution is -2.13. The highest BCUT2D eigenvalue weighted by Crippen LogP contribution is 2.81. The second-order valence-electron chi connectivity index (χ2n) is 5.68. The van der Waals surface area contributed by atoms with Crippen molar-refractivity contribution in [3.63, 3.8) is 0 Å². The molecule has 0 amide bonds. The summed E-state index contributed by atoms with van der Waals surface area (Å²) >= 11 is 0. The van der Waals surface area contributed by atoms with Gasteiger partial charge in [0.15, 0.2) is 0 Å². The van der Waals surface area contributed by atoms with Gasteiger partial charge in [-0.2, -0.15) is 0 Å². The van der Waals surface area contributed by atoms with E-state index in [1.54, 1.807) is 7.11 Å². The number of rotatable bonds is 6. The van der Waals surface area contributed by atoms with Crippen LogP contribution in [0.2, 0.25) is 0 Å². The van der Waals surface area contributed by atoms with Gasteiger partial charge < -0.3 is 13.8 Å². The molecule has 2 aromatic rings. The molecule has 0 heterocycles. The molecule has 0 aliphatic heterocycles. The van der Waals surface area contributed by atoms with Crippen molar-refractivity contribution >= 4 is 7.60 Å². The van der Waals surface area contributed by atoms with Crippen molar-refractivity contribution in [1.29, 1.82) is 0 Å². The lowest BCUT2D eigenvalue weighted by atomic mass is 10.0. The first kappa shape index (κ1) is 16.3. The van der Waals surface area contributed by atoms with Gasteiger partial charge in [-0.25, -0.2) is 0 Å². The lowest BCUT2D eigenvalue weighted by Gasteiger charge is -2.26. The molecule has 122 valence electrons. The molecule has 1 fully saturated rings. The molecule has 1 aliphatic rings. The number of benzene rings is 2. The number of methoxy groups -OCH3 is 1. The Morgan fingerprint density at radius 1 is 0.957 bits per heavy atom. The molecule has 3 rings (SSSR count). The van der Waals surface area contributed by atoms with Gasteiger partial charge in [0, 0.05) is 20.1 Å². The Kier molecular flexibility index (Phi) is 4.33. The molecule has 0 spiro atoms. The fourth-order valence-electron chi connectivity index (χ4n) is 3.39. The van der Waals surface area contributed by atoms with Crippen molar-refractivity contribution in [2.24, 2.45) is 0 Å². The summed E-state index contributed by atoms with van der Waals surface area (Å²) in [4.78, 5) is 0. The molecule has 1 aliphatic carbocycles. The van der Waals surface area contributed by atoms with Gasteiger partial charge in [0.05, 0.1) is 7.11 Å². The summed E-state index contributed by atoms with van der Waals surface area (Å²) in [5.74, 6) is 0.883. The summed E-state index contributed by atoms with van der Waals surface area (Å²) < 4.78 is 29.3. The zero-order valence-corrected chi connectivity index (χ0v) is 14.5. The van der Waals surface area contributed by atoms with Gasteiger partial charge in [0.25, 0.3) is 0 Å². The van der Waals surface area contributed by atoms with Gasteiger partial charge in [-0.05, 0) is 29.7 Å². The van der Waals surface area contributed by atoms with Crippen LogP contribution in [0, 0.1) is 0 Å². The topological polar surface area (TPSA) is 44.8 Å². The maximum atomic E-state index is 13.3. The van der Waals surface area contributed by atoms with Gasteiger partial charge in [0.1, 0.15) is 10.9 Å². The maximum absolute atomic E-state index is 13.3. The third-order valence-electron chi connectivity index (χ3n) is 4.69. The number of hydrogen-bond acceptors (Lipinski definition) is 4. The van der Waals surface area contributed by atoms with E-state index >= 15 is 0 Å². The Labute approximate surface area is 136 Å². The fourth-order valence-corrected chi connectivity index (χ4v) is 5.59. The zero-order chi connectivity index (χ0) is 16.5. The predicted octanol–water partition coefficient (Wildman–Crippen LogP) is 4.56. The van der Waals surface area contributed by atoms with Crippen LogP contribution in [0.4, 0.5) is 0 Å². The molecule has 0 saturated heterocycles. The molecule has 0 radical (unpaired) electrons. The van der Waals surface area contributed by atoms with E-state index < -0.39 is 12.8 Å². The first-order valence-electron chi connectivity index (χ1n) is 7.52. The second-order valence-corrected chi connectivity index (χ2v) is 8.21. The fraction of sp³-hybridized carbons (Fsp3) is 0.333. The SMILES string of the molecule is COc1ccc([C@]2(P(=O)(OC)OC)C[C@@H]2c2ccccc2)cc1. The van der Waals surface area contributed by atoms with E-state index in [1.807, 2.05) is 42.5 Å². The molecule has 0 bridgehead atoms. The molecule has 0 aromatic heterocycles. The first-order valence-corrected chi connectivity index (χ1v) is 9.06. The summed E-state index contributed by atoms with van der Waals surface area (Å²) in [5, 5.41) is -0.635. The van der Waals surface area contributed by atoms with Crippen molar-refractivity contribution in [2.75, 3.05) is 21.3 Å². The highest BCUT2D eigenvalue weighted by molar-refractivity contribution is 7.55. The van der Waals surface area contributed by atoms with Gasteiger partial charge >= 0.3 is 7.60 Å². The van der Waals surface area contributed by atoms with Crippen molar-refractivity contribution < 1.29 is 18.3 Å². The van der Waals surface area contributed by atoms with Crippen molar-refractivity contribution in [1.82, 2.24) is 0 Å². The second kappa shape index (κ2) is 6.12. The average molecular weight is 332 g/mol. The third kappa shape index (κ3) is 2.51. The van der Waals surface area contributed by atoms with Crippen LogP contribution in [0.1, 0.15) is 23.5 Å². The smallest absolute Gasteiger partial charge is 0.341 e. The minimum Gasteiger partial charge on any atom is -0.497 e. The van der Waals surface area contributed by atoms with E-state index in [2.05, 4.69) is 12.1 Å². The molecule has 0 unspecified atom stereocenters. The Balaban J connectivity index is 2.07. The standard InChI is InChI=1S/C18H21O4P/c1-20-16-11-9-15(10-12-16)18(23(19,21-2)22-3)13-17(18)14-7-5-4-6-8-14/h4-12,17H,13H2,1-3H3/t17-,18-/m1/s1. The zero-order valence-electron chi connectivity index (χ0n) is 13.6. The number of ether oxygens (including phenoxy) is 1. The monoisotopic (exact) mass is 332 g/mol. The molecule has 1 saturated carbocycles. The van der Waals surface area contributed by atoms with Gasteiger partial charge in [-0.15, -0.1) is 0 Å². The molecule has 5 heteroatoms. The van der Waals surface area contributed by atoms with Gasteiger partial charge in [0.2, 0.25) is 0 Å². The molecule has 2 atom stereocenters. The molecular formula is C18H21O4P. The average Bonchev–Trinajstić information content (AvgIpc) is 3.39. The highest BCUT2D eigenvalue weighted by Gasteiger charge is 2.68. The van der Waals surface area contributed by atoms with E-state index in [9.17, 15) is 4.57 Å². The van der Waals surface area contributed by atoms with Crippen LogP contribution in [0.25, 0.3) is 0 Å². The van der Waals surface area contributed by atoms with E-state index in [0.29, 0.717) is 0 Å². The van der Waals surface area contributed by atoms with Crippen LogP contribution in [0.5, 0.6) is 5.75 Å². The Morgan fingerprint density at radius 2 is 1.57 bits per heavy atom. The third-order valence-corrected chi connectivity index (χ3v) is 7.38. The van der Waals surface area contributed by atoms with Crippen LogP contribution in [-0.4, -0.2) is 21.3 Å². The quantitative estimate of drug-likeness (QED) is 0.727. The number of hydrogen-bond donors (Lipinski definition) is 0. The largest absolute Gasteiger partial charge is 0.497 e. The first-order chi connectivity index (χ1) is 11.1. The van der Waals surface area contributed by atoms with Crippen molar-refractivity contribution in [2.45, 2.75) is 17.5 Å². The van der Waals surface area contributed by atoms with E-state index in [-0.39, 0.29) is 5.92 Å². The summed E-state index contributed by atoms with van der Waals surface area (Å²) in [6.45, 7) is 0. The van der Waals surface area contributed by atoms with Crippen LogP contribution >= 0.6 is 7.60 Å².